The SMILES string of the molecule is COc1cnc(OC(F)(F)F)c(C(=O)O)c1[N+](=O)[O-]. The summed E-state index contributed by atoms with van der Waals surface area (Å²) in [5.41, 5.74) is -2.52. The number of rotatable bonds is 4. The lowest BCUT2D eigenvalue weighted by molar-refractivity contribution is -0.386. The molecule has 0 aromatic carbocycles. The zero-order valence-electron chi connectivity index (χ0n) is 9.09. The average molecular weight is 282 g/mol. The zero-order valence-corrected chi connectivity index (χ0v) is 9.09. The highest BCUT2D eigenvalue weighted by Crippen LogP contribution is 2.36. The Labute approximate surface area is 102 Å². The van der Waals surface area contributed by atoms with Crippen LogP contribution < -0.4 is 9.47 Å². The molecule has 0 saturated carbocycles. The second-order valence-electron chi connectivity index (χ2n) is 2.97. The zero-order chi connectivity index (χ0) is 14.8. The minimum atomic E-state index is -5.24. The molecule has 11 heteroatoms. The van der Waals surface area contributed by atoms with E-state index in [1.807, 2.05) is 0 Å². The number of hydrogen-bond donors (Lipinski definition) is 1. The van der Waals surface area contributed by atoms with Crippen LogP contribution in [0.1, 0.15) is 10.4 Å². The number of carboxylic acids is 1. The predicted molar refractivity (Wildman–Crippen MR) is 51.1 cm³/mol. The molecule has 0 bridgehead atoms. The van der Waals surface area contributed by atoms with Crippen molar-refractivity contribution in [1.82, 2.24) is 4.98 Å². The Kier molecular flexibility index (Phi) is 3.77. The molecule has 19 heavy (non-hydrogen) atoms. The average Bonchev–Trinajstić information content (AvgIpc) is 2.25. The minimum absolute atomic E-state index is 0.561. The number of nitro groups is 1. The number of ether oxygens (including phenoxy) is 2. The lowest BCUT2D eigenvalue weighted by atomic mass is 10.2. The van der Waals surface area contributed by atoms with Crippen LogP contribution in [0.3, 0.4) is 0 Å². The molecule has 8 nitrogen and oxygen atoms in total. The molecule has 0 fully saturated rings. The molecule has 1 rings (SSSR count). The van der Waals surface area contributed by atoms with Gasteiger partial charge in [0.1, 0.15) is 0 Å². The van der Waals surface area contributed by atoms with Crippen molar-refractivity contribution in [2.75, 3.05) is 7.11 Å². The molecular weight excluding hydrogens is 277 g/mol. The van der Waals surface area contributed by atoms with E-state index in [0.29, 0.717) is 6.20 Å². The fourth-order valence-electron chi connectivity index (χ4n) is 1.18. The molecule has 0 aliphatic carbocycles. The highest BCUT2D eigenvalue weighted by molar-refractivity contribution is 5.96. The first-order valence-electron chi connectivity index (χ1n) is 4.37. The number of hydrogen-bond acceptors (Lipinski definition) is 6. The van der Waals surface area contributed by atoms with Gasteiger partial charge in [-0.1, -0.05) is 0 Å². The lowest BCUT2D eigenvalue weighted by Gasteiger charge is -2.11. The van der Waals surface area contributed by atoms with Gasteiger partial charge in [-0.05, 0) is 0 Å². The van der Waals surface area contributed by atoms with Crippen LogP contribution in [0, 0.1) is 10.1 Å². The van der Waals surface area contributed by atoms with Crippen LogP contribution in [0.5, 0.6) is 11.6 Å². The number of pyridine rings is 1. The fraction of sp³-hybridized carbons (Fsp3) is 0.250. The quantitative estimate of drug-likeness (QED) is 0.659. The standard InChI is InChI=1S/C8H5F3N2O6/c1-18-3-2-12-6(19-8(9,10)11)4(7(14)15)5(3)13(16)17/h2H,1H3,(H,14,15). The molecule has 0 spiro atoms. The molecule has 1 heterocycles. The number of nitrogens with zero attached hydrogens (tertiary/aromatic N) is 2. The summed E-state index contributed by atoms with van der Waals surface area (Å²) in [5, 5.41) is 19.5. The van der Waals surface area contributed by atoms with E-state index < -0.39 is 40.1 Å². The number of carbonyl (C=O) groups is 1. The normalized spacial score (nSPS) is 10.9. The monoisotopic (exact) mass is 282 g/mol. The molecule has 104 valence electrons. The first-order chi connectivity index (χ1) is 8.67. The predicted octanol–water partition coefficient (Wildman–Crippen LogP) is 1.60. The molecular formula is C8H5F3N2O6. The summed E-state index contributed by atoms with van der Waals surface area (Å²) >= 11 is 0. The van der Waals surface area contributed by atoms with E-state index in [-0.39, 0.29) is 0 Å². The van der Waals surface area contributed by atoms with Gasteiger partial charge in [0.05, 0.1) is 18.2 Å². The maximum atomic E-state index is 12.0. The van der Waals surface area contributed by atoms with Crippen LogP contribution in [-0.2, 0) is 0 Å². The molecule has 1 aromatic heterocycles. The third-order valence-corrected chi connectivity index (χ3v) is 1.81. The first-order valence-corrected chi connectivity index (χ1v) is 4.37. The van der Waals surface area contributed by atoms with Crippen LogP contribution in [0.15, 0.2) is 6.20 Å². The Morgan fingerprint density at radius 1 is 1.53 bits per heavy atom. The molecule has 0 unspecified atom stereocenters. The summed E-state index contributed by atoms with van der Waals surface area (Å²) in [6.07, 6.45) is -4.68. The number of carboxylic acid groups (broad SMARTS) is 1. The van der Waals surface area contributed by atoms with Crippen LogP contribution in [0.2, 0.25) is 0 Å². The maximum Gasteiger partial charge on any atom is 0.574 e. The van der Waals surface area contributed by atoms with Crippen LogP contribution in [-0.4, -0.2) is 34.5 Å². The van der Waals surface area contributed by atoms with Gasteiger partial charge < -0.3 is 14.6 Å². The van der Waals surface area contributed by atoms with Crippen LogP contribution in [0.25, 0.3) is 0 Å². The summed E-state index contributed by atoms with van der Waals surface area (Å²) in [4.78, 5) is 23.4. The van der Waals surface area contributed by atoms with Crippen molar-refractivity contribution in [3.8, 4) is 11.6 Å². The molecule has 1 aromatic rings. The number of alkyl halides is 3. The van der Waals surface area contributed by atoms with E-state index in [2.05, 4.69) is 14.5 Å². The minimum Gasteiger partial charge on any atom is -0.489 e. The summed E-state index contributed by atoms with van der Waals surface area (Å²) in [6.45, 7) is 0. The van der Waals surface area contributed by atoms with E-state index in [9.17, 15) is 28.1 Å². The number of halogens is 3. The highest BCUT2D eigenvalue weighted by Gasteiger charge is 2.38. The third kappa shape index (κ3) is 3.20. The largest absolute Gasteiger partial charge is 0.574 e. The Bertz CT molecular complexity index is 530. The van der Waals surface area contributed by atoms with E-state index in [0.717, 1.165) is 7.11 Å². The van der Waals surface area contributed by atoms with Gasteiger partial charge in [0.15, 0.2) is 0 Å². The summed E-state index contributed by atoms with van der Waals surface area (Å²) in [5.74, 6) is -4.04. The van der Waals surface area contributed by atoms with Crippen molar-refractivity contribution in [2.45, 2.75) is 6.36 Å². The maximum absolute atomic E-state index is 12.0. The summed E-state index contributed by atoms with van der Waals surface area (Å²) < 4.78 is 43.9. The fourth-order valence-corrected chi connectivity index (χ4v) is 1.18. The van der Waals surface area contributed by atoms with Crippen molar-refractivity contribution >= 4 is 11.7 Å². The molecule has 0 radical (unpaired) electrons. The van der Waals surface area contributed by atoms with Crippen molar-refractivity contribution in [2.24, 2.45) is 0 Å². The Morgan fingerprint density at radius 3 is 2.47 bits per heavy atom. The molecule has 0 aliphatic rings. The van der Waals surface area contributed by atoms with Gasteiger partial charge in [0.2, 0.25) is 17.2 Å². The molecule has 1 N–H and O–H groups in total. The Balaban J connectivity index is 3.54. The smallest absolute Gasteiger partial charge is 0.489 e. The van der Waals surface area contributed by atoms with Gasteiger partial charge in [0, 0.05) is 0 Å². The summed E-state index contributed by atoms with van der Waals surface area (Å²) in [6, 6.07) is 0. The van der Waals surface area contributed by atoms with Gasteiger partial charge in [-0.25, -0.2) is 9.78 Å². The summed E-state index contributed by atoms with van der Waals surface area (Å²) in [7, 11) is 0.972. The van der Waals surface area contributed by atoms with Gasteiger partial charge in [-0.2, -0.15) is 0 Å². The number of aromatic carboxylic acids is 1. The van der Waals surface area contributed by atoms with Gasteiger partial charge in [-0.15, -0.1) is 13.2 Å². The van der Waals surface area contributed by atoms with Gasteiger partial charge >= 0.3 is 18.0 Å². The second-order valence-corrected chi connectivity index (χ2v) is 2.97. The Hall–Kier alpha value is -2.59. The van der Waals surface area contributed by atoms with E-state index in [1.54, 1.807) is 0 Å². The highest BCUT2D eigenvalue weighted by atomic mass is 19.4. The molecule has 0 amide bonds. The topological polar surface area (TPSA) is 112 Å². The van der Waals surface area contributed by atoms with Crippen LogP contribution in [0.4, 0.5) is 18.9 Å². The number of methoxy groups -OCH3 is 1. The van der Waals surface area contributed by atoms with E-state index in [4.69, 9.17) is 5.11 Å². The number of aromatic nitrogens is 1. The molecule has 0 atom stereocenters. The molecule has 0 aliphatic heterocycles. The van der Waals surface area contributed by atoms with Gasteiger partial charge in [-0.3, -0.25) is 10.1 Å². The van der Waals surface area contributed by atoms with Crippen molar-refractivity contribution < 1.29 is 37.5 Å². The first kappa shape index (κ1) is 14.5. The lowest BCUT2D eigenvalue weighted by Crippen LogP contribution is -2.20. The van der Waals surface area contributed by atoms with Crippen molar-refractivity contribution in [3.63, 3.8) is 0 Å². The van der Waals surface area contributed by atoms with Crippen molar-refractivity contribution in [3.05, 3.63) is 21.9 Å². The second kappa shape index (κ2) is 4.96. The third-order valence-electron chi connectivity index (χ3n) is 1.81. The molecule has 0 saturated heterocycles. The van der Waals surface area contributed by atoms with Crippen LogP contribution >= 0.6 is 0 Å². The van der Waals surface area contributed by atoms with E-state index >= 15 is 0 Å². The Morgan fingerprint density at radius 2 is 2.11 bits per heavy atom. The van der Waals surface area contributed by atoms with E-state index in [1.165, 1.54) is 0 Å². The van der Waals surface area contributed by atoms with Gasteiger partial charge in [0.25, 0.3) is 0 Å². The van der Waals surface area contributed by atoms with Crippen molar-refractivity contribution in [1.29, 1.82) is 0 Å².